The molecule has 1 unspecified atom stereocenters. The number of pyridine rings is 1. The molecule has 1 atom stereocenters. The van der Waals surface area contributed by atoms with Gasteiger partial charge in [0.2, 0.25) is 0 Å². The molecule has 2 aromatic heterocycles. The average Bonchev–Trinajstić information content (AvgIpc) is 3.31. The number of aliphatic hydroxyl groups is 1. The van der Waals surface area contributed by atoms with Crippen LogP contribution < -0.4 is 14.2 Å². The van der Waals surface area contributed by atoms with Gasteiger partial charge in [0.05, 0.1) is 43.5 Å². The molecule has 0 aliphatic carbocycles. The van der Waals surface area contributed by atoms with E-state index in [1.165, 1.54) is 38.7 Å². The third-order valence-electron chi connectivity index (χ3n) is 5.57. The van der Waals surface area contributed by atoms with Crippen LogP contribution in [0.5, 0.6) is 17.2 Å². The second-order valence-electron chi connectivity index (χ2n) is 7.63. The van der Waals surface area contributed by atoms with Crippen LogP contribution in [-0.4, -0.2) is 37.2 Å². The Bertz CT molecular complexity index is 1340. The van der Waals surface area contributed by atoms with E-state index in [1.54, 1.807) is 36.4 Å². The maximum absolute atomic E-state index is 14.2. The van der Waals surface area contributed by atoms with Crippen molar-refractivity contribution in [3.8, 4) is 28.5 Å². The highest BCUT2D eigenvalue weighted by Gasteiger charge is 2.18. The molecule has 0 bridgehead atoms. The van der Waals surface area contributed by atoms with Crippen molar-refractivity contribution in [3.05, 3.63) is 71.0 Å². The maximum atomic E-state index is 14.2. The number of fused-ring (bicyclic) bond motifs is 1. The number of thiophene rings is 1. The van der Waals surface area contributed by atoms with Crippen molar-refractivity contribution in [2.75, 3.05) is 21.3 Å². The number of halogens is 1. The summed E-state index contributed by atoms with van der Waals surface area (Å²) in [4.78, 5) is 17.3. The fourth-order valence-corrected chi connectivity index (χ4v) is 4.71. The van der Waals surface area contributed by atoms with Crippen molar-refractivity contribution in [1.29, 1.82) is 0 Å². The maximum Gasteiger partial charge on any atom is 0.163 e. The number of aliphatic hydroxyl groups excluding tert-OH is 1. The van der Waals surface area contributed by atoms with Crippen molar-refractivity contribution < 1.29 is 28.5 Å². The van der Waals surface area contributed by atoms with Crippen molar-refractivity contribution >= 4 is 27.2 Å². The van der Waals surface area contributed by atoms with E-state index in [4.69, 9.17) is 14.2 Å². The number of methoxy groups -OCH3 is 3. The lowest BCUT2D eigenvalue weighted by molar-refractivity contribution is 0.0937. The van der Waals surface area contributed by atoms with E-state index in [0.717, 1.165) is 10.9 Å². The standard InChI is InChI=1S/C26H24FNO5S/c1-31-16-12-20(18-14-34-26-17(18)5-4-6-19(26)27)28-21(13-16)23(30)9-8-22(29)15-7-10-24(32-2)25(11-15)33-3/h4-7,10-14,23,30H,8-9H2,1-3H3. The minimum atomic E-state index is -0.987. The number of Topliss-reactive ketones (excluding diaryl/α,β-unsaturated/α-hetero) is 1. The van der Waals surface area contributed by atoms with Gasteiger partial charge in [-0.1, -0.05) is 12.1 Å². The molecule has 0 radical (unpaired) electrons. The van der Waals surface area contributed by atoms with Gasteiger partial charge in [-0.3, -0.25) is 4.79 Å². The summed E-state index contributed by atoms with van der Waals surface area (Å²) >= 11 is 1.30. The largest absolute Gasteiger partial charge is 0.497 e. The van der Waals surface area contributed by atoms with Crippen LogP contribution in [0.2, 0.25) is 0 Å². The molecule has 0 spiro atoms. The van der Waals surface area contributed by atoms with Crippen LogP contribution in [0.25, 0.3) is 21.3 Å². The molecule has 2 aromatic carbocycles. The van der Waals surface area contributed by atoms with Crippen LogP contribution in [0, 0.1) is 5.82 Å². The minimum absolute atomic E-state index is 0.109. The molecule has 0 amide bonds. The predicted octanol–water partition coefficient (Wildman–Crippen LogP) is 5.82. The van der Waals surface area contributed by atoms with Crippen LogP contribution in [0.15, 0.2) is 53.9 Å². The summed E-state index contributed by atoms with van der Waals surface area (Å²) < 4.78 is 30.6. The first kappa shape index (κ1) is 23.7. The lowest BCUT2D eigenvalue weighted by Gasteiger charge is -2.14. The number of rotatable bonds is 9. The van der Waals surface area contributed by atoms with E-state index in [1.807, 2.05) is 11.4 Å². The number of hydrogen-bond acceptors (Lipinski definition) is 7. The Morgan fingerprint density at radius 3 is 2.59 bits per heavy atom. The molecule has 4 rings (SSSR count). The summed E-state index contributed by atoms with van der Waals surface area (Å²) in [6.07, 6.45) is -0.705. The molecule has 0 fully saturated rings. The summed E-state index contributed by atoms with van der Waals surface area (Å²) in [7, 11) is 4.56. The fourth-order valence-electron chi connectivity index (χ4n) is 3.74. The second-order valence-corrected chi connectivity index (χ2v) is 8.51. The topological polar surface area (TPSA) is 77.9 Å². The SMILES string of the molecule is COc1cc(-c2csc3c(F)cccc23)nc(C(O)CCC(=O)c2ccc(OC)c(OC)c2)c1. The van der Waals surface area contributed by atoms with E-state index in [2.05, 4.69) is 4.98 Å². The van der Waals surface area contributed by atoms with Gasteiger partial charge < -0.3 is 19.3 Å². The van der Waals surface area contributed by atoms with Gasteiger partial charge in [0.25, 0.3) is 0 Å². The molecule has 6 nitrogen and oxygen atoms in total. The van der Waals surface area contributed by atoms with Crippen LogP contribution in [0.3, 0.4) is 0 Å². The molecule has 0 aliphatic heterocycles. The number of ketones is 1. The summed E-state index contributed by atoms with van der Waals surface area (Å²) in [6, 6.07) is 13.3. The monoisotopic (exact) mass is 481 g/mol. The Morgan fingerprint density at radius 2 is 1.85 bits per heavy atom. The van der Waals surface area contributed by atoms with E-state index in [9.17, 15) is 14.3 Å². The van der Waals surface area contributed by atoms with Gasteiger partial charge in [-0.05, 0) is 30.7 Å². The highest BCUT2D eigenvalue weighted by Crippen LogP contribution is 2.37. The summed E-state index contributed by atoms with van der Waals surface area (Å²) in [6.45, 7) is 0. The van der Waals surface area contributed by atoms with E-state index >= 15 is 0 Å². The number of hydrogen-bond donors (Lipinski definition) is 1. The molecule has 2 heterocycles. The third kappa shape index (κ3) is 4.73. The lowest BCUT2D eigenvalue weighted by atomic mass is 10.0. The fraction of sp³-hybridized carbons (Fsp3) is 0.231. The minimum Gasteiger partial charge on any atom is -0.497 e. The Hall–Kier alpha value is -3.49. The molecule has 4 aromatic rings. The number of benzene rings is 2. The van der Waals surface area contributed by atoms with Gasteiger partial charge in [-0.2, -0.15) is 0 Å². The van der Waals surface area contributed by atoms with Gasteiger partial charge in [0.15, 0.2) is 17.3 Å². The first-order valence-electron chi connectivity index (χ1n) is 10.6. The number of ether oxygens (including phenoxy) is 3. The number of carbonyl (C=O) groups is 1. The van der Waals surface area contributed by atoms with Crippen LogP contribution in [0.1, 0.15) is 35.0 Å². The highest BCUT2D eigenvalue weighted by atomic mass is 32.1. The Labute approximate surface area is 200 Å². The highest BCUT2D eigenvalue weighted by molar-refractivity contribution is 7.17. The Balaban J connectivity index is 1.56. The van der Waals surface area contributed by atoms with E-state index in [-0.39, 0.29) is 24.4 Å². The summed E-state index contributed by atoms with van der Waals surface area (Å²) in [5.74, 6) is 1.09. The Morgan fingerprint density at radius 1 is 1.06 bits per heavy atom. The molecule has 0 aliphatic rings. The zero-order chi connectivity index (χ0) is 24.2. The van der Waals surface area contributed by atoms with Gasteiger partial charge in [-0.25, -0.2) is 9.37 Å². The zero-order valence-corrected chi connectivity index (χ0v) is 19.8. The first-order chi connectivity index (χ1) is 16.4. The normalized spacial score (nSPS) is 11.9. The molecule has 176 valence electrons. The van der Waals surface area contributed by atoms with Crippen LogP contribution >= 0.6 is 11.3 Å². The van der Waals surface area contributed by atoms with Gasteiger partial charge >= 0.3 is 0 Å². The van der Waals surface area contributed by atoms with Crippen molar-refractivity contribution in [1.82, 2.24) is 4.98 Å². The smallest absolute Gasteiger partial charge is 0.163 e. The van der Waals surface area contributed by atoms with E-state index < -0.39 is 6.10 Å². The van der Waals surface area contributed by atoms with Crippen LogP contribution in [0.4, 0.5) is 4.39 Å². The van der Waals surface area contributed by atoms with Crippen LogP contribution in [-0.2, 0) is 0 Å². The Kier molecular flexibility index (Phi) is 7.09. The summed E-state index contributed by atoms with van der Waals surface area (Å²) in [5, 5.41) is 13.4. The molecule has 0 saturated heterocycles. The van der Waals surface area contributed by atoms with E-state index in [0.29, 0.717) is 38.9 Å². The predicted molar refractivity (Wildman–Crippen MR) is 130 cm³/mol. The zero-order valence-electron chi connectivity index (χ0n) is 19.0. The van der Waals surface area contributed by atoms with Gasteiger partial charge in [0.1, 0.15) is 11.6 Å². The van der Waals surface area contributed by atoms with Gasteiger partial charge in [-0.15, -0.1) is 11.3 Å². The lowest BCUT2D eigenvalue weighted by Crippen LogP contribution is -2.07. The molecule has 0 saturated carbocycles. The van der Waals surface area contributed by atoms with Crippen molar-refractivity contribution in [3.63, 3.8) is 0 Å². The molecular weight excluding hydrogens is 457 g/mol. The first-order valence-corrected chi connectivity index (χ1v) is 11.5. The van der Waals surface area contributed by atoms with Crippen molar-refractivity contribution in [2.24, 2.45) is 0 Å². The third-order valence-corrected chi connectivity index (χ3v) is 6.58. The number of aromatic nitrogens is 1. The average molecular weight is 482 g/mol. The second kappa shape index (κ2) is 10.2. The molecule has 34 heavy (non-hydrogen) atoms. The number of carbonyl (C=O) groups excluding carboxylic acids is 1. The quantitative estimate of drug-likeness (QED) is 0.303. The van der Waals surface area contributed by atoms with Crippen molar-refractivity contribution in [2.45, 2.75) is 18.9 Å². The molecule has 1 N–H and O–H groups in total. The molecular formula is C26H24FNO5S. The number of nitrogens with zero attached hydrogens (tertiary/aromatic N) is 1. The molecule has 8 heteroatoms. The van der Waals surface area contributed by atoms with Gasteiger partial charge in [0, 0.05) is 40.4 Å². The summed E-state index contributed by atoms with van der Waals surface area (Å²) in [5.41, 5.74) is 2.17.